The fraction of sp³-hybridized carbons (Fsp3) is 0. The monoisotopic (exact) mass is 696 g/mol. The molecule has 0 aliphatic carbocycles. The van der Waals surface area contributed by atoms with Gasteiger partial charge in [-0.1, -0.05) is 72.8 Å². The summed E-state index contributed by atoms with van der Waals surface area (Å²) < 4.78 is 72.6. The fourth-order valence-corrected chi connectivity index (χ4v) is 6.67. The molecule has 4 N–H and O–H groups in total. The van der Waals surface area contributed by atoms with Crippen molar-refractivity contribution in [3.8, 4) is 11.1 Å². The molecule has 0 bridgehead atoms. The van der Waals surface area contributed by atoms with Gasteiger partial charge in [0.2, 0.25) is 0 Å². The first-order chi connectivity index (χ1) is 21.9. The second kappa shape index (κ2) is 14.9. The van der Waals surface area contributed by atoms with Crippen LogP contribution < -0.4 is 70.6 Å². The SMILES string of the molecule is Nc1cc(N=Nc2ccc(-c3ccc(N=Nc4cc(N)c5ccccc5c4S(=O)(=O)[O-])cc3)cc2)c(S(=O)(=O)[O-])c2ccccc12.[Na+].[Na+]. The van der Waals surface area contributed by atoms with Gasteiger partial charge in [0.15, 0.2) is 0 Å². The van der Waals surface area contributed by atoms with Gasteiger partial charge < -0.3 is 20.6 Å². The van der Waals surface area contributed by atoms with Crippen molar-refractivity contribution in [2.75, 3.05) is 11.5 Å². The minimum absolute atomic E-state index is 0. The van der Waals surface area contributed by atoms with Crippen molar-refractivity contribution in [2.45, 2.75) is 9.79 Å². The molecule has 0 fully saturated rings. The predicted molar refractivity (Wildman–Crippen MR) is 173 cm³/mol. The molecule has 0 spiro atoms. The number of nitrogens with zero attached hydrogens (tertiary/aromatic N) is 4. The van der Waals surface area contributed by atoms with E-state index in [0.29, 0.717) is 22.1 Å². The van der Waals surface area contributed by atoms with Gasteiger partial charge in [0, 0.05) is 32.9 Å². The quantitative estimate of drug-likeness (QED) is 0.108. The summed E-state index contributed by atoms with van der Waals surface area (Å²) >= 11 is 0. The van der Waals surface area contributed by atoms with Crippen LogP contribution >= 0.6 is 0 Å². The Bertz CT molecular complexity index is 2270. The minimum atomic E-state index is -4.89. The van der Waals surface area contributed by atoms with E-state index in [2.05, 4.69) is 20.5 Å². The summed E-state index contributed by atoms with van der Waals surface area (Å²) in [4.78, 5) is -0.991. The van der Waals surface area contributed by atoms with Crippen molar-refractivity contribution in [2.24, 2.45) is 20.5 Å². The molecule has 0 heterocycles. The molecule has 6 aromatic rings. The molecule has 0 radical (unpaired) electrons. The second-order valence-electron chi connectivity index (χ2n) is 10.1. The number of fused-ring (bicyclic) bond motifs is 2. The molecule has 0 unspecified atom stereocenters. The van der Waals surface area contributed by atoms with Gasteiger partial charge in [0.25, 0.3) is 0 Å². The van der Waals surface area contributed by atoms with Crippen LogP contribution in [0.5, 0.6) is 0 Å². The summed E-state index contributed by atoms with van der Waals surface area (Å²) in [6.07, 6.45) is 0. The summed E-state index contributed by atoms with van der Waals surface area (Å²) in [7, 11) is -9.77. The molecule has 16 heteroatoms. The largest absolute Gasteiger partial charge is 1.00 e. The zero-order valence-electron chi connectivity index (χ0n) is 25.6. The van der Waals surface area contributed by atoms with Crippen molar-refractivity contribution in [1.82, 2.24) is 0 Å². The van der Waals surface area contributed by atoms with Gasteiger partial charge in [-0.3, -0.25) is 0 Å². The number of nitrogens with two attached hydrogens (primary N) is 2. The molecule has 0 atom stereocenters. The third-order valence-electron chi connectivity index (χ3n) is 7.13. The van der Waals surface area contributed by atoms with Gasteiger partial charge in [-0.25, -0.2) is 16.8 Å². The van der Waals surface area contributed by atoms with Crippen LogP contribution in [0.4, 0.5) is 34.1 Å². The smallest absolute Gasteiger partial charge is 0.744 e. The van der Waals surface area contributed by atoms with E-state index in [-0.39, 0.29) is 92.6 Å². The van der Waals surface area contributed by atoms with Crippen LogP contribution in [0.15, 0.2) is 139 Å². The second-order valence-corrected chi connectivity index (χ2v) is 12.8. The molecule has 0 amide bonds. The van der Waals surface area contributed by atoms with Crippen LogP contribution in [-0.4, -0.2) is 25.9 Å². The first-order valence-electron chi connectivity index (χ1n) is 13.5. The molecule has 0 aromatic heterocycles. The molecule has 0 saturated carbocycles. The van der Waals surface area contributed by atoms with Crippen molar-refractivity contribution in [3.05, 3.63) is 109 Å². The van der Waals surface area contributed by atoms with E-state index in [1.54, 1.807) is 84.9 Å². The molecule has 0 aliphatic heterocycles. The van der Waals surface area contributed by atoms with Gasteiger partial charge in [0.05, 0.1) is 21.2 Å². The zero-order chi connectivity index (χ0) is 32.6. The predicted octanol–water partition coefficient (Wildman–Crippen LogP) is 1.47. The number of nitrogen functional groups attached to an aromatic ring is 2. The number of hydrogen-bond donors (Lipinski definition) is 2. The molecule has 12 nitrogen and oxygen atoms in total. The van der Waals surface area contributed by atoms with Gasteiger partial charge in [0.1, 0.15) is 31.6 Å². The van der Waals surface area contributed by atoms with E-state index < -0.39 is 30.0 Å². The Morgan fingerprint density at radius 1 is 0.458 bits per heavy atom. The van der Waals surface area contributed by atoms with Crippen LogP contribution in [0.3, 0.4) is 0 Å². The van der Waals surface area contributed by atoms with Crippen LogP contribution in [0.1, 0.15) is 0 Å². The number of azo groups is 2. The summed E-state index contributed by atoms with van der Waals surface area (Å²) in [5.41, 5.74) is 14.8. The molecule has 0 saturated heterocycles. The molecular formula is C32H22N6Na2O6S2. The van der Waals surface area contributed by atoms with Crippen LogP contribution in [0, 0.1) is 0 Å². The van der Waals surface area contributed by atoms with Gasteiger partial charge >= 0.3 is 59.1 Å². The van der Waals surface area contributed by atoms with Crippen LogP contribution in [-0.2, 0) is 20.2 Å². The number of anilines is 2. The summed E-state index contributed by atoms with van der Waals surface area (Å²) in [5, 5.41) is 17.5. The number of rotatable bonds is 7. The van der Waals surface area contributed by atoms with Crippen molar-refractivity contribution >= 4 is 75.9 Å². The van der Waals surface area contributed by atoms with E-state index in [1.807, 2.05) is 0 Å². The van der Waals surface area contributed by atoms with E-state index in [4.69, 9.17) is 11.5 Å². The van der Waals surface area contributed by atoms with E-state index in [9.17, 15) is 25.9 Å². The average molecular weight is 697 g/mol. The fourth-order valence-electron chi connectivity index (χ4n) is 5.06. The number of benzene rings is 6. The Hall–Kier alpha value is -3.54. The maximum Gasteiger partial charge on any atom is 1.00 e. The van der Waals surface area contributed by atoms with Gasteiger partial charge in [-0.2, -0.15) is 10.2 Å². The Kier molecular flexibility index (Phi) is 11.6. The van der Waals surface area contributed by atoms with E-state index in [0.717, 1.165) is 11.1 Å². The Morgan fingerprint density at radius 3 is 1.08 bits per heavy atom. The number of hydrogen-bond acceptors (Lipinski definition) is 12. The zero-order valence-corrected chi connectivity index (χ0v) is 31.2. The first-order valence-corrected chi connectivity index (χ1v) is 16.3. The minimum Gasteiger partial charge on any atom is -0.744 e. The van der Waals surface area contributed by atoms with Crippen molar-refractivity contribution in [1.29, 1.82) is 0 Å². The molecular weight excluding hydrogens is 675 g/mol. The average Bonchev–Trinajstić information content (AvgIpc) is 3.02. The molecule has 48 heavy (non-hydrogen) atoms. The van der Waals surface area contributed by atoms with Gasteiger partial charge in [-0.05, 0) is 47.5 Å². The first kappa shape index (κ1) is 37.3. The topological polar surface area (TPSA) is 216 Å². The maximum atomic E-state index is 12.1. The van der Waals surface area contributed by atoms with Crippen molar-refractivity contribution in [3.63, 3.8) is 0 Å². The Labute approximate surface area is 320 Å². The standard InChI is InChI=1S/C32H24N6O6S2.2Na/c33-27-17-29(31(45(39,40)41)25-7-3-1-5-23(25)27)37-35-21-13-9-19(10-14-21)20-11-15-22(16-12-20)36-38-30-18-28(34)24-6-2-4-8-26(24)32(30)46(42,43)44;;/h1-18H,33-34H2,(H,39,40,41)(H,42,43,44);;/q;2*+1/p-2. The summed E-state index contributed by atoms with van der Waals surface area (Å²) in [6.45, 7) is 0. The molecule has 230 valence electrons. The third-order valence-corrected chi connectivity index (χ3v) is 8.99. The molecule has 0 aliphatic rings. The maximum absolute atomic E-state index is 12.1. The molecule has 6 rings (SSSR count). The molecule has 6 aromatic carbocycles. The van der Waals surface area contributed by atoms with E-state index in [1.165, 1.54) is 24.3 Å². The third kappa shape index (κ3) is 7.84. The van der Waals surface area contributed by atoms with Crippen molar-refractivity contribution < 1.29 is 85.1 Å². The van der Waals surface area contributed by atoms with Gasteiger partial charge in [-0.15, -0.1) is 10.2 Å². The Morgan fingerprint density at radius 2 is 0.771 bits per heavy atom. The van der Waals surface area contributed by atoms with Crippen LogP contribution in [0.2, 0.25) is 0 Å². The Balaban J connectivity index is 0.00000260. The van der Waals surface area contributed by atoms with E-state index >= 15 is 0 Å². The summed E-state index contributed by atoms with van der Waals surface area (Å²) in [5.74, 6) is 0. The normalized spacial score (nSPS) is 12.0. The van der Waals surface area contributed by atoms with Crippen LogP contribution in [0.25, 0.3) is 32.7 Å². The summed E-state index contributed by atoms with van der Waals surface area (Å²) in [6, 6.07) is 29.1.